The summed E-state index contributed by atoms with van der Waals surface area (Å²) in [5, 5.41) is 2.96. The van der Waals surface area contributed by atoms with Crippen molar-refractivity contribution in [2.75, 3.05) is 18.4 Å². The van der Waals surface area contributed by atoms with Gasteiger partial charge in [0.15, 0.2) is 0 Å². The molecule has 3 rings (SSSR count). The second-order valence-corrected chi connectivity index (χ2v) is 9.10. The fourth-order valence-electron chi connectivity index (χ4n) is 3.41. The van der Waals surface area contributed by atoms with Crippen molar-refractivity contribution in [3.05, 3.63) is 54.1 Å². The van der Waals surface area contributed by atoms with Crippen LogP contribution < -0.4 is 14.8 Å². The van der Waals surface area contributed by atoms with E-state index in [2.05, 4.69) is 10.0 Å². The summed E-state index contributed by atoms with van der Waals surface area (Å²) in [6.45, 7) is 2.79. The highest BCUT2D eigenvalue weighted by atomic mass is 32.2. The summed E-state index contributed by atoms with van der Waals surface area (Å²) in [6.07, 6.45) is 4.25. The molecule has 0 saturated carbocycles. The molecule has 1 heterocycles. The lowest BCUT2D eigenvalue weighted by Gasteiger charge is -2.16. The maximum Gasteiger partial charge on any atom is 0.262 e. The monoisotopic (exact) mass is 432 g/mol. The highest BCUT2D eigenvalue weighted by molar-refractivity contribution is 7.92. The predicted molar refractivity (Wildman–Crippen MR) is 115 cm³/mol. The Morgan fingerprint density at radius 3 is 2.60 bits per heavy atom. The fourth-order valence-corrected chi connectivity index (χ4v) is 4.48. The number of benzene rings is 2. The van der Waals surface area contributed by atoms with E-state index >= 15 is 0 Å². The SMILES string of the molecule is COc1ccccc1NS(=O)(=O)c1ccc(C(=O)NC(C)CCC2CCCO2)cc1. The fraction of sp³-hybridized carbons (Fsp3) is 0.409. The van der Waals surface area contributed by atoms with Crippen molar-refractivity contribution < 1.29 is 22.7 Å². The third kappa shape index (κ3) is 5.73. The van der Waals surface area contributed by atoms with Gasteiger partial charge >= 0.3 is 0 Å². The zero-order valence-corrected chi connectivity index (χ0v) is 18.1. The third-order valence-corrected chi connectivity index (χ3v) is 6.48. The van der Waals surface area contributed by atoms with Gasteiger partial charge in [0.05, 0.1) is 23.8 Å². The van der Waals surface area contributed by atoms with Crippen LogP contribution in [0.15, 0.2) is 53.4 Å². The average molecular weight is 433 g/mol. The zero-order chi connectivity index (χ0) is 21.6. The molecule has 1 saturated heterocycles. The van der Waals surface area contributed by atoms with E-state index in [1.165, 1.54) is 31.4 Å². The molecule has 2 N–H and O–H groups in total. The maximum atomic E-state index is 12.7. The molecule has 2 aromatic carbocycles. The molecule has 1 amide bonds. The first-order valence-corrected chi connectivity index (χ1v) is 11.6. The summed E-state index contributed by atoms with van der Waals surface area (Å²) < 4.78 is 38.6. The van der Waals surface area contributed by atoms with Gasteiger partial charge in [0.2, 0.25) is 0 Å². The Labute approximate surface area is 177 Å². The van der Waals surface area contributed by atoms with Crippen molar-refractivity contribution in [1.82, 2.24) is 5.32 Å². The van der Waals surface area contributed by atoms with Gasteiger partial charge in [-0.15, -0.1) is 0 Å². The number of para-hydroxylation sites is 2. The van der Waals surface area contributed by atoms with Crippen LogP contribution in [0.5, 0.6) is 5.75 Å². The van der Waals surface area contributed by atoms with E-state index in [4.69, 9.17) is 9.47 Å². The molecule has 2 unspecified atom stereocenters. The van der Waals surface area contributed by atoms with Crippen molar-refractivity contribution in [2.45, 2.75) is 49.6 Å². The Hall–Kier alpha value is -2.58. The highest BCUT2D eigenvalue weighted by Crippen LogP contribution is 2.26. The van der Waals surface area contributed by atoms with Gasteiger partial charge in [-0.05, 0) is 69.0 Å². The quantitative estimate of drug-likeness (QED) is 0.632. The van der Waals surface area contributed by atoms with Gasteiger partial charge in [-0.3, -0.25) is 9.52 Å². The number of hydrogen-bond donors (Lipinski definition) is 2. The number of nitrogens with one attached hydrogen (secondary N) is 2. The minimum absolute atomic E-state index is 0.0114. The number of anilines is 1. The molecule has 0 aliphatic carbocycles. The Balaban J connectivity index is 1.59. The van der Waals surface area contributed by atoms with Crippen molar-refractivity contribution in [3.8, 4) is 5.75 Å². The topological polar surface area (TPSA) is 93.7 Å². The molecular weight excluding hydrogens is 404 g/mol. The molecule has 162 valence electrons. The van der Waals surface area contributed by atoms with Gasteiger partial charge in [0.1, 0.15) is 5.75 Å². The summed E-state index contributed by atoms with van der Waals surface area (Å²) in [4.78, 5) is 12.5. The largest absolute Gasteiger partial charge is 0.495 e. The van der Waals surface area contributed by atoms with E-state index in [-0.39, 0.29) is 16.8 Å². The lowest BCUT2D eigenvalue weighted by Crippen LogP contribution is -2.33. The van der Waals surface area contributed by atoms with E-state index in [1.54, 1.807) is 24.3 Å². The normalized spacial score (nSPS) is 17.3. The second kappa shape index (κ2) is 9.95. The summed E-state index contributed by atoms with van der Waals surface area (Å²) in [5.41, 5.74) is 0.761. The first kappa shape index (κ1) is 22.1. The number of hydrogen-bond acceptors (Lipinski definition) is 5. The molecule has 8 heteroatoms. The zero-order valence-electron chi connectivity index (χ0n) is 17.3. The van der Waals surface area contributed by atoms with Crippen LogP contribution in [0.1, 0.15) is 43.0 Å². The Morgan fingerprint density at radius 2 is 1.93 bits per heavy atom. The number of rotatable bonds is 9. The molecule has 2 aromatic rings. The van der Waals surface area contributed by atoms with E-state index < -0.39 is 10.0 Å². The Bertz CT molecular complexity index is 954. The highest BCUT2D eigenvalue weighted by Gasteiger charge is 2.19. The second-order valence-electron chi connectivity index (χ2n) is 7.42. The van der Waals surface area contributed by atoms with Gasteiger partial charge in [0, 0.05) is 18.2 Å². The van der Waals surface area contributed by atoms with Crippen LogP contribution in [-0.2, 0) is 14.8 Å². The molecule has 0 bridgehead atoms. The van der Waals surface area contributed by atoms with Crippen LogP contribution in [-0.4, -0.2) is 40.2 Å². The smallest absolute Gasteiger partial charge is 0.262 e. The number of methoxy groups -OCH3 is 1. The number of carbonyl (C=O) groups is 1. The Morgan fingerprint density at radius 1 is 1.20 bits per heavy atom. The molecule has 1 fully saturated rings. The molecular formula is C22H28N2O5S. The molecule has 0 radical (unpaired) electrons. The van der Waals surface area contributed by atoms with E-state index in [0.29, 0.717) is 23.1 Å². The first-order valence-electron chi connectivity index (χ1n) is 10.1. The molecule has 1 aliphatic heterocycles. The number of ether oxygens (including phenoxy) is 2. The van der Waals surface area contributed by atoms with E-state index in [1.807, 2.05) is 6.92 Å². The molecule has 30 heavy (non-hydrogen) atoms. The van der Waals surface area contributed by atoms with E-state index in [0.717, 1.165) is 32.3 Å². The molecule has 0 spiro atoms. The molecule has 0 aromatic heterocycles. The minimum atomic E-state index is -3.81. The third-order valence-electron chi connectivity index (χ3n) is 5.10. The van der Waals surface area contributed by atoms with Crippen LogP contribution >= 0.6 is 0 Å². The summed E-state index contributed by atoms with van der Waals surface area (Å²) >= 11 is 0. The van der Waals surface area contributed by atoms with Crippen LogP contribution in [0.25, 0.3) is 0 Å². The van der Waals surface area contributed by atoms with Crippen molar-refractivity contribution in [3.63, 3.8) is 0 Å². The summed E-state index contributed by atoms with van der Waals surface area (Å²) in [7, 11) is -2.33. The number of amides is 1. The van der Waals surface area contributed by atoms with Crippen molar-refractivity contribution >= 4 is 21.6 Å². The molecule has 1 aliphatic rings. The van der Waals surface area contributed by atoms with Gasteiger partial charge in [-0.2, -0.15) is 0 Å². The lowest BCUT2D eigenvalue weighted by atomic mass is 10.1. The standard InChI is InChI=1S/C22H28N2O5S/c1-16(9-12-18-6-5-15-29-18)23-22(25)17-10-13-19(14-11-17)30(26,27)24-20-7-3-4-8-21(20)28-2/h3-4,7-8,10-11,13-14,16,18,24H,5-6,9,12,15H2,1-2H3,(H,23,25). The Kier molecular flexibility index (Phi) is 7.33. The summed E-state index contributed by atoms with van der Waals surface area (Å²) in [5.74, 6) is 0.200. The van der Waals surface area contributed by atoms with Gasteiger partial charge < -0.3 is 14.8 Å². The first-order chi connectivity index (χ1) is 14.4. The average Bonchev–Trinajstić information content (AvgIpc) is 3.26. The van der Waals surface area contributed by atoms with Crippen LogP contribution in [0.3, 0.4) is 0 Å². The van der Waals surface area contributed by atoms with Crippen molar-refractivity contribution in [1.29, 1.82) is 0 Å². The lowest BCUT2D eigenvalue weighted by molar-refractivity contribution is 0.0899. The minimum Gasteiger partial charge on any atom is -0.495 e. The summed E-state index contributed by atoms with van der Waals surface area (Å²) in [6, 6.07) is 12.6. The number of sulfonamides is 1. The van der Waals surface area contributed by atoms with E-state index in [9.17, 15) is 13.2 Å². The van der Waals surface area contributed by atoms with Crippen LogP contribution in [0.2, 0.25) is 0 Å². The van der Waals surface area contributed by atoms with Gasteiger partial charge in [-0.1, -0.05) is 12.1 Å². The molecule has 2 atom stereocenters. The molecule has 7 nitrogen and oxygen atoms in total. The van der Waals surface area contributed by atoms with Crippen molar-refractivity contribution in [2.24, 2.45) is 0 Å². The van der Waals surface area contributed by atoms with Gasteiger partial charge in [-0.25, -0.2) is 8.42 Å². The van der Waals surface area contributed by atoms with Crippen LogP contribution in [0.4, 0.5) is 5.69 Å². The number of carbonyl (C=O) groups excluding carboxylic acids is 1. The van der Waals surface area contributed by atoms with Gasteiger partial charge in [0.25, 0.3) is 15.9 Å². The maximum absolute atomic E-state index is 12.7. The van der Waals surface area contributed by atoms with Crippen LogP contribution in [0, 0.1) is 0 Å². The predicted octanol–water partition coefficient (Wildman–Crippen LogP) is 3.57.